The van der Waals surface area contributed by atoms with Gasteiger partial charge in [-0.25, -0.2) is 0 Å². The van der Waals surface area contributed by atoms with E-state index >= 15 is 0 Å². The Kier molecular flexibility index (Phi) is 3.68. The van der Waals surface area contributed by atoms with Gasteiger partial charge >= 0.3 is 0 Å². The van der Waals surface area contributed by atoms with Crippen molar-refractivity contribution in [3.63, 3.8) is 0 Å². The summed E-state index contributed by atoms with van der Waals surface area (Å²) in [6, 6.07) is 17.2. The number of hydrogen-bond donors (Lipinski definition) is 0. The van der Waals surface area contributed by atoms with E-state index in [4.69, 9.17) is 11.6 Å². The van der Waals surface area contributed by atoms with Gasteiger partial charge in [0.25, 0.3) is 0 Å². The van der Waals surface area contributed by atoms with E-state index in [0.717, 1.165) is 4.88 Å². The van der Waals surface area contributed by atoms with Gasteiger partial charge < -0.3 is 0 Å². The largest absolute Gasteiger partial charge is 0.289 e. The molecule has 0 aliphatic carbocycles. The van der Waals surface area contributed by atoms with Crippen LogP contribution >= 0.6 is 22.9 Å². The van der Waals surface area contributed by atoms with E-state index in [0.29, 0.717) is 10.6 Å². The second-order valence-electron chi connectivity index (χ2n) is 4.39. The van der Waals surface area contributed by atoms with Crippen molar-refractivity contribution in [2.75, 3.05) is 0 Å². The van der Waals surface area contributed by atoms with Crippen molar-refractivity contribution in [1.82, 2.24) is 0 Å². The first kappa shape index (κ1) is 13.1. The predicted octanol–water partition coefficient (Wildman–Crippen LogP) is 5.45. The van der Waals surface area contributed by atoms with Crippen LogP contribution in [0.5, 0.6) is 0 Å². The first-order valence-corrected chi connectivity index (χ1v) is 7.38. The van der Waals surface area contributed by atoms with Gasteiger partial charge in [0.05, 0.1) is 0 Å². The highest BCUT2D eigenvalue weighted by molar-refractivity contribution is 7.19. The van der Waals surface area contributed by atoms with Gasteiger partial charge in [-0.15, -0.1) is 11.3 Å². The van der Waals surface area contributed by atoms with Crippen LogP contribution < -0.4 is 0 Å². The standard InChI is InChI=1S/C17H11ClOS/c18-14-7-5-12(6-8-14)16(19)10-9-15-11-13-3-1-2-4-17(13)20-15/h1-11H/b10-9+. The third kappa shape index (κ3) is 2.82. The molecule has 3 rings (SSSR count). The Morgan fingerprint density at radius 1 is 1.05 bits per heavy atom. The number of thiophene rings is 1. The fourth-order valence-electron chi connectivity index (χ4n) is 1.95. The van der Waals surface area contributed by atoms with Gasteiger partial charge in [0.2, 0.25) is 0 Å². The molecule has 0 radical (unpaired) electrons. The molecule has 0 amide bonds. The molecule has 1 heterocycles. The summed E-state index contributed by atoms with van der Waals surface area (Å²) in [5.74, 6) is -0.0147. The number of allylic oxidation sites excluding steroid dienone is 1. The Hall–Kier alpha value is -1.90. The number of benzene rings is 2. The monoisotopic (exact) mass is 298 g/mol. The molecule has 3 heteroatoms. The summed E-state index contributed by atoms with van der Waals surface area (Å²) in [5.41, 5.74) is 0.645. The lowest BCUT2D eigenvalue weighted by atomic mass is 10.1. The van der Waals surface area contributed by atoms with Gasteiger partial charge in [-0.2, -0.15) is 0 Å². The molecule has 0 spiro atoms. The summed E-state index contributed by atoms with van der Waals surface area (Å²) in [6.07, 6.45) is 3.47. The fourth-order valence-corrected chi connectivity index (χ4v) is 3.05. The molecule has 0 saturated heterocycles. The van der Waals surface area contributed by atoms with Crippen molar-refractivity contribution in [2.45, 2.75) is 0 Å². The summed E-state index contributed by atoms with van der Waals surface area (Å²) < 4.78 is 1.23. The molecule has 1 nitrogen and oxygen atoms in total. The van der Waals surface area contributed by atoms with E-state index in [9.17, 15) is 4.79 Å². The Labute approximate surface area is 126 Å². The quantitative estimate of drug-likeness (QED) is 0.464. The van der Waals surface area contributed by atoms with Crippen LogP contribution in [0.1, 0.15) is 15.2 Å². The highest BCUT2D eigenvalue weighted by atomic mass is 35.5. The van der Waals surface area contributed by atoms with Gasteiger partial charge in [0, 0.05) is 20.2 Å². The van der Waals surface area contributed by atoms with Crippen LogP contribution in [-0.2, 0) is 0 Å². The Morgan fingerprint density at radius 3 is 2.55 bits per heavy atom. The SMILES string of the molecule is O=C(/C=C/c1cc2ccccc2s1)c1ccc(Cl)cc1. The van der Waals surface area contributed by atoms with Crippen molar-refractivity contribution in [3.05, 3.63) is 76.1 Å². The molecular weight excluding hydrogens is 288 g/mol. The average molecular weight is 299 g/mol. The van der Waals surface area contributed by atoms with Crippen molar-refractivity contribution in [3.8, 4) is 0 Å². The number of carbonyl (C=O) groups excluding carboxylic acids is 1. The molecule has 0 unspecified atom stereocenters. The average Bonchev–Trinajstić information content (AvgIpc) is 2.88. The lowest BCUT2D eigenvalue weighted by molar-refractivity contribution is 0.104. The third-order valence-corrected chi connectivity index (χ3v) is 4.31. The van der Waals surface area contributed by atoms with Crippen molar-refractivity contribution in [2.24, 2.45) is 0 Å². The van der Waals surface area contributed by atoms with Crippen LogP contribution in [-0.4, -0.2) is 5.78 Å². The topological polar surface area (TPSA) is 17.1 Å². The van der Waals surface area contributed by atoms with Crippen molar-refractivity contribution < 1.29 is 4.79 Å². The predicted molar refractivity (Wildman–Crippen MR) is 86.6 cm³/mol. The minimum absolute atomic E-state index is 0.0147. The highest BCUT2D eigenvalue weighted by Crippen LogP contribution is 2.26. The fraction of sp³-hybridized carbons (Fsp3) is 0. The minimum atomic E-state index is -0.0147. The molecule has 1 aromatic heterocycles. The molecule has 98 valence electrons. The smallest absolute Gasteiger partial charge is 0.185 e. The lowest BCUT2D eigenvalue weighted by Crippen LogP contribution is -1.92. The highest BCUT2D eigenvalue weighted by Gasteiger charge is 2.02. The second-order valence-corrected chi connectivity index (χ2v) is 5.94. The number of ketones is 1. The summed E-state index contributed by atoms with van der Waals surface area (Å²) in [6.45, 7) is 0. The lowest BCUT2D eigenvalue weighted by Gasteiger charge is -1.95. The maximum Gasteiger partial charge on any atom is 0.185 e. The molecule has 0 aliphatic heterocycles. The van der Waals surface area contributed by atoms with E-state index in [2.05, 4.69) is 18.2 Å². The Morgan fingerprint density at radius 2 is 1.80 bits per heavy atom. The maximum atomic E-state index is 12.0. The zero-order chi connectivity index (χ0) is 13.9. The molecular formula is C17H11ClOS. The second kappa shape index (κ2) is 5.61. The summed E-state index contributed by atoms with van der Waals surface area (Å²) in [5, 5.41) is 1.84. The van der Waals surface area contributed by atoms with E-state index in [1.165, 1.54) is 10.1 Å². The molecule has 0 atom stereocenters. The number of carbonyl (C=O) groups is 1. The van der Waals surface area contributed by atoms with Crippen LogP contribution in [0.4, 0.5) is 0 Å². The minimum Gasteiger partial charge on any atom is -0.289 e. The molecule has 0 N–H and O–H groups in total. The zero-order valence-corrected chi connectivity index (χ0v) is 12.1. The molecule has 2 aromatic carbocycles. The molecule has 20 heavy (non-hydrogen) atoms. The summed E-state index contributed by atoms with van der Waals surface area (Å²) >= 11 is 7.48. The van der Waals surface area contributed by atoms with Gasteiger partial charge in [0.15, 0.2) is 5.78 Å². The normalized spacial score (nSPS) is 11.2. The van der Waals surface area contributed by atoms with Crippen LogP contribution in [0.2, 0.25) is 5.02 Å². The van der Waals surface area contributed by atoms with Crippen molar-refractivity contribution in [1.29, 1.82) is 0 Å². The van der Waals surface area contributed by atoms with Crippen LogP contribution in [0, 0.1) is 0 Å². The first-order chi connectivity index (χ1) is 9.72. The zero-order valence-electron chi connectivity index (χ0n) is 10.5. The van der Waals surface area contributed by atoms with Crippen molar-refractivity contribution >= 4 is 44.9 Å². The summed E-state index contributed by atoms with van der Waals surface area (Å²) in [7, 11) is 0. The Balaban J connectivity index is 1.82. The van der Waals surface area contributed by atoms with Gasteiger partial charge in [-0.3, -0.25) is 4.79 Å². The number of fused-ring (bicyclic) bond motifs is 1. The van der Waals surface area contributed by atoms with Crippen LogP contribution in [0.3, 0.4) is 0 Å². The molecule has 0 saturated carbocycles. The molecule has 0 bridgehead atoms. The van der Waals surface area contributed by atoms with E-state index < -0.39 is 0 Å². The number of hydrogen-bond acceptors (Lipinski definition) is 2. The summed E-state index contributed by atoms with van der Waals surface area (Å²) in [4.78, 5) is 13.1. The van der Waals surface area contributed by atoms with Gasteiger partial charge in [0.1, 0.15) is 0 Å². The third-order valence-electron chi connectivity index (χ3n) is 2.97. The number of halogens is 1. The van der Waals surface area contributed by atoms with E-state index in [-0.39, 0.29) is 5.78 Å². The Bertz CT molecular complexity index is 751. The van der Waals surface area contributed by atoms with Gasteiger partial charge in [-0.05, 0) is 53.9 Å². The van der Waals surface area contributed by atoms with Crippen LogP contribution in [0.25, 0.3) is 16.2 Å². The van der Waals surface area contributed by atoms with E-state index in [1.807, 2.05) is 18.2 Å². The van der Waals surface area contributed by atoms with E-state index in [1.54, 1.807) is 41.7 Å². The van der Waals surface area contributed by atoms with Gasteiger partial charge in [-0.1, -0.05) is 29.8 Å². The molecule has 3 aromatic rings. The molecule has 0 fully saturated rings. The molecule has 0 aliphatic rings. The van der Waals surface area contributed by atoms with Crippen LogP contribution in [0.15, 0.2) is 60.7 Å². The first-order valence-electron chi connectivity index (χ1n) is 6.19. The maximum absolute atomic E-state index is 12.0. The number of rotatable bonds is 3.